The van der Waals surface area contributed by atoms with E-state index in [4.69, 9.17) is 9.84 Å². The number of nitrogens with zero attached hydrogens (tertiary/aromatic N) is 1. The van der Waals surface area contributed by atoms with E-state index in [2.05, 4.69) is 22.9 Å². The molecule has 6 heteroatoms. The number of hydrogen-bond donors (Lipinski definition) is 1. The van der Waals surface area contributed by atoms with Gasteiger partial charge in [0.15, 0.2) is 0 Å². The quantitative estimate of drug-likeness (QED) is 0.645. The minimum atomic E-state index is -0.828. The van der Waals surface area contributed by atoms with Crippen molar-refractivity contribution in [1.29, 1.82) is 0 Å². The van der Waals surface area contributed by atoms with Crippen LogP contribution < -0.4 is 4.74 Å². The van der Waals surface area contributed by atoms with Crippen molar-refractivity contribution in [3.8, 4) is 5.75 Å². The average molecular weight is 412 g/mol. The van der Waals surface area contributed by atoms with E-state index in [0.717, 1.165) is 29.5 Å². The van der Waals surface area contributed by atoms with Gasteiger partial charge >= 0.3 is 5.97 Å². The summed E-state index contributed by atoms with van der Waals surface area (Å²) in [6.07, 6.45) is 5.94. The molecule has 1 aliphatic rings. The number of carbonyl (C=O) groups excluding carboxylic acids is 1. The molecule has 1 N–H and O–H groups in total. The molecular formula is C19H26BrNO4. The van der Waals surface area contributed by atoms with Gasteiger partial charge in [0.1, 0.15) is 5.75 Å². The van der Waals surface area contributed by atoms with Crippen molar-refractivity contribution in [3.05, 3.63) is 28.2 Å². The Morgan fingerprint density at radius 2 is 2.12 bits per heavy atom. The molecule has 25 heavy (non-hydrogen) atoms. The monoisotopic (exact) mass is 411 g/mol. The highest BCUT2D eigenvalue weighted by Gasteiger charge is 2.28. The lowest BCUT2D eigenvalue weighted by atomic mass is 9.97. The molecule has 1 fully saturated rings. The van der Waals surface area contributed by atoms with E-state index in [-0.39, 0.29) is 12.5 Å². The van der Waals surface area contributed by atoms with Gasteiger partial charge in [-0.25, -0.2) is 0 Å². The van der Waals surface area contributed by atoms with E-state index in [1.807, 2.05) is 0 Å². The zero-order chi connectivity index (χ0) is 18.2. The second kappa shape index (κ2) is 9.80. The molecule has 138 valence electrons. The molecule has 0 aliphatic carbocycles. The van der Waals surface area contributed by atoms with Gasteiger partial charge in [-0.3, -0.25) is 9.59 Å². The van der Waals surface area contributed by atoms with Crippen molar-refractivity contribution in [2.45, 2.75) is 45.4 Å². The lowest BCUT2D eigenvalue weighted by Gasteiger charge is -2.30. The van der Waals surface area contributed by atoms with Crippen molar-refractivity contribution in [1.82, 2.24) is 4.90 Å². The molecule has 1 aromatic carbocycles. The minimum absolute atomic E-state index is 0.124. The number of carbonyl (C=O) groups is 2. The summed E-state index contributed by atoms with van der Waals surface area (Å²) in [6.45, 7) is 3.73. The molecule has 1 aliphatic heterocycles. The van der Waals surface area contributed by atoms with Crippen LogP contribution in [-0.4, -0.2) is 41.6 Å². The smallest absolute Gasteiger partial charge is 0.308 e. The van der Waals surface area contributed by atoms with E-state index < -0.39 is 11.9 Å². The van der Waals surface area contributed by atoms with Crippen LogP contribution in [0.2, 0.25) is 0 Å². The Bertz CT molecular complexity index is 605. The Morgan fingerprint density at radius 1 is 1.32 bits per heavy atom. The Morgan fingerprint density at radius 3 is 2.80 bits per heavy atom. The SMILES string of the molecule is CCCCCCOc1ccc(C(=O)N2CCCC(C(=O)O)C2)cc1Br. The van der Waals surface area contributed by atoms with E-state index >= 15 is 0 Å². The highest BCUT2D eigenvalue weighted by Crippen LogP contribution is 2.28. The van der Waals surface area contributed by atoms with Gasteiger partial charge in [0.2, 0.25) is 0 Å². The van der Waals surface area contributed by atoms with Gasteiger partial charge in [0.05, 0.1) is 17.0 Å². The van der Waals surface area contributed by atoms with Gasteiger partial charge in [-0.2, -0.15) is 0 Å². The van der Waals surface area contributed by atoms with Gasteiger partial charge in [0, 0.05) is 18.7 Å². The molecular weight excluding hydrogens is 386 g/mol. The molecule has 1 heterocycles. The van der Waals surface area contributed by atoms with Gasteiger partial charge < -0.3 is 14.7 Å². The molecule has 0 radical (unpaired) electrons. The second-order valence-corrected chi connectivity index (χ2v) is 7.34. The zero-order valence-corrected chi connectivity index (χ0v) is 16.3. The third kappa shape index (κ3) is 5.73. The van der Waals surface area contributed by atoms with Gasteiger partial charge in [-0.15, -0.1) is 0 Å². The molecule has 1 atom stereocenters. The fourth-order valence-corrected chi connectivity index (χ4v) is 3.50. The van der Waals surface area contributed by atoms with Crippen molar-refractivity contribution >= 4 is 27.8 Å². The number of aliphatic carboxylic acids is 1. The minimum Gasteiger partial charge on any atom is -0.492 e. The molecule has 1 saturated heterocycles. The predicted molar refractivity (Wildman–Crippen MR) is 100 cm³/mol. The highest BCUT2D eigenvalue weighted by molar-refractivity contribution is 9.10. The number of halogens is 1. The number of unbranched alkanes of at least 4 members (excludes halogenated alkanes) is 3. The number of rotatable bonds is 8. The summed E-state index contributed by atoms with van der Waals surface area (Å²) in [5.74, 6) is -0.686. The average Bonchev–Trinajstić information content (AvgIpc) is 2.62. The van der Waals surface area contributed by atoms with E-state index in [9.17, 15) is 9.59 Å². The number of hydrogen-bond acceptors (Lipinski definition) is 3. The molecule has 1 unspecified atom stereocenters. The van der Waals surface area contributed by atoms with E-state index in [0.29, 0.717) is 25.1 Å². The summed E-state index contributed by atoms with van der Waals surface area (Å²) >= 11 is 3.47. The molecule has 5 nitrogen and oxygen atoms in total. The molecule has 0 saturated carbocycles. The molecule has 0 bridgehead atoms. The summed E-state index contributed by atoms with van der Waals surface area (Å²) < 4.78 is 6.51. The van der Waals surface area contributed by atoms with E-state index in [1.54, 1.807) is 23.1 Å². The Labute approximate surface area is 157 Å². The topological polar surface area (TPSA) is 66.8 Å². The molecule has 1 aromatic rings. The Kier molecular flexibility index (Phi) is 7.75. The number of carboxylic acids is 1. The third-order valence-electron chi connectivity index (χ3n) is 4.49. The molecule has 0 spiro atoms. The third-order valence-corrected chi connectivity index (χ3v) is 5.11. The van der Waals surface area contributed by atoms with Crippen molar-refractivity contribution in [3.63, 3.8) is 0 Å². The number of amides is 1. The van der Waals surface area contributed by atoms with Crippen LogP contribution in [0.5, 0.6) is 5.75 Å². The van der Waals surface area contributed by atoms with Crippen LogP contribution >= 0.6 is 15.9 Å². The van der Waals surface area contributed by atoms with Crippen molar-refractivity contribution in [2.24, 2.45) is 5.92 Å². The largest absolute Gasteiger partial charge is 0.492 e. The highest BCUT2D eigenvalue weighted by atomic mass is 79.9. The number of benzene rings is 1. The van der Waals surface area contributed by atoms with Crippen molar-refractivity contribution in [2.75, 3.05) is 19.7 Å². The van der Waals surface area contributed by atoms with Crippen LogP contribution in [0, 0.1) is 5.92 Å². The van der Waals surface area contributed by atoms with Crippen LogP contribution in [0.15, 0.2) is 22.7 Å². The maximum Gasteiger partial charge on any atom is 0.308 e. The Balaban J connectivity index is 1.94. The van der Waals surface area contributed by atoms with Crippen LogP contribution in [0.25, 0.3) is 0 Å². The first kappa shape index (κ1) is 19.8. The van der Waals surface area contributed by atoms with E-state index in [1.165, 1.54) is 12.8 Å². The van der Waals surface area contributed by atoms with Crippen molar-refractivity contribution < 1.29 is 19.4 Å². The normalized spacial score (nSPS) is 17.4. The van der Waals surface area contributed by atoms with Gasteiger partial charge in [-0.1, -0.05) is 26.2 Å². The van der Waals surface area contributed by atoms with Crippen LogP contribution in [-0.2, 0) is 4.79 Å². The fraction of sp³-hybridized carbons (Fsp3) is 0.579. The second-order valence-electron chi connectivity index (χ2n) is 6.48. The Hall–Kier alpha value is -1.56. The number of carboxylic acid groups (broad SMARTS) is 1. The summed E-state index contributed by atoms with van der Waals surface area (Å²) in [5, 5.41) is 9.16. The first-order valence-corrected chi connectivity index (χ1v) is 9.76. The van der Waals surface area contributed by atoms with Gasteiger partial charge in [-0.05, 0) is 53.4 Å². The lowest BCUT2D eigenvalue weighted by Crippen LogP contribution is -2.42. The number of piperidine rings is 1. The standard InChI is InChI=1S/C19H26BrNO4/c1-2-3-4-5-11-25-17-9-8-14(12-16(17)20)18(22)21-10-6-7-15(13-21)19(23)24/h8-9,12,15H,2-7,10-11,13H2,1H3,(H,23,24). The number of likely N-dealkylation sites (tertiary alicyclic amines) is 1. The predicted octanol–water partition coefficient (Wildman–Crippen LogP) is 4.35. The maximum atomic E-state index is 12.6. The summed E-state index contributed by atoms with van der Waals surface area (Å²) in [4.78, 5) is 25.4. The number of ether oxygens (including phenoxy) is 1. The zero-order valence-electron chi connectivity index (χ0n) is 14.7. The van der Waals surface area contributed by atoms with Gasteiger partial charge in [0.25, 0.3) is 5.91 Å². The fourth-order valence-electron chi connectivity index (χ4n) is 3.01. The van der Waals surface area contributed by atoms with Crippen LogP contribution in [0.1, 0.15) is 55.8 Å². The summed E-state index contributed by atoms with van der Waals surface area (Å²) in [7, 11) is 0. The summed E-state index contributed by atoms with van der Waals surface area (Å²) in [6, 6.07) is 5.31. The maximum absolute atomic E-state index is 12.6. The van der Waals surface area contributed by atoms with Crippen LogP contribution in [0.3, 0.4) is 0 Å². The summed E-state index contributed by atoms with van der Waals surface area (Å²) in [5.41, 5.74) is 0.552. The molecule has 1 amide bonds. The first-order valence-electron chi connectivity index (χ1n) is 8.97. The lowest BCUT2D eigenvalue weighted by molar-refractivity contribution is -0.143. The molecule has 2 rings (SSSR count). The first-order chi connectivity index (χ1) is 12.0. The molecule has 0 aromatic heterocycles. The van der Waals surface area contributed by atoms with Crippen LogP contribution in [0.4, 0.5) is 0 Å².